The lowest BCUT2D eigenvalue weighted by Crippen LogP contribution is -2.49. The SMILES string of the molecule is O=C(c1ccc(C2CCCCC2)cc1)N1CCN(c2ccccn2)CC1. The highest BCUT2D eigenvalue weighted by Gasteiger charge is 2.23. The van der Waals surface area contributed by atoms with Gasteiger partial charge in [-0.2, -0.15) is 0 Å². The van der Waals surface area contributed by atoms with Gasteiger partial charge >= 0.3 is 0 Å². The van der Waals surface area contributed by atoms with Crippen molar-refractivity contribution in [2.24, 2.45) is 0 Å². The molecule has 1 aromatic heterocycles. The molecule has 4 rings (SSSR count). The predicted molar refractivity (Wildman–Crippen MR) is 105 cm³/mol. The molecule has 4 nitrogen and oxygen atoms in total. The Balaban J connectivity index is 1.36. The van der Waals surface area contributed by atoms with Crippen LogP contribution >= 0.6 is 0 Å². The summed E-state index contributed by atoms with van der Waals surface area (Å²) in [5.41, 5.74) is 2.22. The summed E-state index contributed by atoms with van der Waals surface area (Å²) in [6.45, 7) is 3.17. The number of piperazine rings is 1. The van der Waals surface area contributed by atoms with Crippen molar-refractivity contribution in [3.8, 4) is 0 Å². The largest absolute Gasteiger partial charge is 0.353 e. The van der Waals surface area contributed by atoms with Gasteiger partial charge in [-0.05, 0) is 48.6 Å². The van der Waals surface area contributed by atoms with Gasteiger partial charge in [0.1, 0.15) is 5.82 Å². The number of hydrogen-bond acceptors (Lipinski definition) is 3. The number of carbonyl (C=O) groups excluding carboxylic acids is 1. The molecule has 0 radical (unpaired) electrons. The summed E-state index contributed by atoms with van der Waals surface area (Å²) in [4.78, 5) is 21.4. The minimum Gasteiger partial charge on any atom is -0.353 e. The maximum absolute atomic E-state index is 12.8. The van der Waals surface area contributed by atoms with E-state index in [4.69, 9.17) is 0 Å². The maximum Gasteiger partial charge on any atom is 0.253 e. The molecule has 4 heteroatoms. The maximum atomic E-state index is 12.8. The Hall–Kier alpha value is -2.36. The first kappa shape index (κ1) is 17.1. The Morgan fingerprint density at radius 2 is 1.62 bits per heavy atom. The summed E-state index contributed by atoms with van der Waals surface area (Å²) in [6, 6.07) is 14.4. The lowest BCUT2D eigenvalue weighted by molar-refractivity contribution is 0.0746. The van der Waals surface area contributed by atoms with E-state index in [0.717, 1.165) is 37.6 Å². The van der Waals surface area contributed by atoms with Crippen LogP contribution in [0.5, 0.6) is 0 Å². The van der Waals surface area contributed by atoms with Crippen LogP contribution in [-0.2, 0) is 0 Å². The molecule has 1 saturated carbocycles. The lowest BCUT2D eigenvalue weighted by atomic mass is 9.84. The van der Waals surface area contributed by atoms with Crippen LogP contribution in [0, 0.1) is 0 Å². The van der Waals surface area contributed by atoms with Crippen molar-refractivity contribution >= 4 is 11.7 Å². The molecule has 1 amide bonds. The smallest absolute Gasteiger partial charge is 0.253 e. The van der Waals surface area contributed by atoms with Crippen LogP contribution in [0.2, 0.25) is 0 Å². The summed E-state index contributed by atoms with van der Waals surface area (Å²) in [5, 5.41) is 0. The van der Waals surface area contributed by atoms with E-state index in [-0.39, 0.29) is 5.91 Å². The topological polar surface area (TPSA) is 36.4 Å². The molecule has 136 valence electrons. The first-order valence-electron chi connectivity index (χ1n) is 9.86. The molecule has 1 saturated heterocycles. The Morgan fingerprint density at radius 3 is 2.27 bits per heavy atom. The molecular formula is C22H27N3O. The molecule has 1 aromatic carbocycles. The number of benzene rings is 1. The van der Waals surface area contributed by atoms with Crippen molar-refractivity contribution in [3.63, 3.8) is 0 Å². The van der Waals surface area contributed by atoms with Crippen LogP contribution in [-0.4, -0.2) is 42.0 Å². The summed E-state index contributed by atoms with van der Waals surface area (Å²) in [5.74, 6) is 1.84. The molecule has 2 heterocycles. The molecule has 0 spiro atoms. The van der Waals surface area contributed by atoms with Gasteiger partial charge in [-0.3, -0.25) is 4.79 Å². The number of pyridine rings is 1. The Labute approximate surface area is 155 Å². The van der Waals surface area contributed by atoms with E-state index >= 15 is 0 Å². The third-order valence-electron chi connectivity index (χ3n) is 5.77. The van der Waals surface area contributed by atoms with Gasteiger partial charge in [-0.15, -0.1) is 0 Å². The number of rotatable bonds is 3. The van der Waals surface area contributed by atoms with E-state index in [0.29, 0.717) is 5.92 Å². The average Bonchev–Trinajstić information content (AvgIpc) is 2.75. The van der Waals surface area contributed by atoms with Crippen molar-refractivity contribution in [1.82, 2.24) is 9.88 Å². The Morgan fingerprint density at radius 1 is 0.885 bits per heavy atom. The van der Waals surface area contributed by atoms with Crippen LogP contribution in [0.4, 0.5) is 5.82 Å². The highest BCUT2D eigenvalue weighted by Crippen LogP contribution is 2.32. The minimum absolute atomic E-state index is 0.154. The van der Waals surface area contributed by atoms with Gasteiger partial charge < -0.3 is 9.80 Å². The van der Waals surface area contributed by atoms with Crippen LogP contribution in [0.25, 0.3) is 0 Å². The molecule has 26 heavy (non-hydrogen) atoms. The highest BCUT2D eigenvalue weighted by atomic mass is 16.2. The molecule has 1 aliphatic heterocycles. The van der Waals surface area contributed by atoms with Crippen LogP contribution in [0.15, 0.2) is 48.7 Å². The third-order valence-corrected chi connectivity index (χ3v) is 5.77. The molecular weight excluding hydrogens is 322 g/mol. The molecule has 2 fully saturated rings. The first-order chi connectivity index (χ1) is 12.8. The van der Waals surface area contributed by atoms with Gasteiger partial charge in [0.2, 0.25) is 0 Å². The van der Waals surface area contributed by atoms with Crippen molar-refractivity contribution in [2.75, 3.05) is 31.1 Å². The number of hydrogen-bond donors (Lipinski definition) is 0. The highest BCUT2D eigenvalue weighted by molar-refractivity contribution is 5.94. The average molecular weight is 349 g/mol. The zero-order valence-electron chi connectivity index (χ0n) is 15.3. The summed E-state index contributed by atoms with van der Waals surface area (Å²) in [6.07, 6.45) is 8.46. The fourth-order valence-electron chi connectivity index (χ4n) is 4.20. The standard InChI is InChI=1S/C22H27N3O/c26-22(20-11-9-19(10-12-20)18-6-2-1-3-7-18)25-16-14-24(15-17-25)21-8-4-5-13-23-21/h4-5,8-13,18H,1-3,6-7,14-17H2. The van der Waals surface area contributed by atoms with Crippen LogP contribution < -0.4 is 4.90 Å². The van der Waals surface area contributed by atoms with Gasteiger partial charge in [-0.1, -0.05) is 37.5 Å². The second-order valence-electron chi connectivity index (χ2n) is 7.42. The number of carbonyl (C=O) groups is 1. The second kappa shape index (κ2) is 7.90. The second-order valence-corrected chi connectivity index (χ2v) is 7.42. The van der Waals surface area contributed by atoms with Crippen molar-refractivity contribution in [3.05, 3.63) is 59.8 Å². The number of nitrogens with zero attached hydrogens (tertiary/aromatic N) is 3. The van der Waals surface area contributed by atoms with Crippen molar-refractivity contribution in [1.29, 1.82) is 0 Å². The van der Waals surface area contributed by atoms with E-state index in [1.807, 2.05) is 41.4 Å². The summed E-state index contributed by atoms with van der Waals surface area (Å²) >= 11 is 0. The summed E-state index contributed by atoms with van der Waals surface area (Å²) < 4.78 is 0. The summed E-state index contributed by atoms with van der Waals surface area (Å²) in [7, 11) is 0. The van der Waals surface area contributed by atoms with Gasteiger partial charge in [0.05, 0.1) is 0 Å². The third kappa shape index (κ3) is 3.74. The molecule has 0 unspecified atom stereocenters. The fourth-order valence-corrected chi connectivity index (χ4v) is 4.20. The van der Waals surface area contributed by atoms with E-state index < -0.39 is 0 Å². The molecule has 0 atom stereocenters. The monoisotopic (exact) mass is 349 g/mol. The lowest BCUT2D eigenvalue weighted by Gasteiger charge is -2.35. The first-order valence-corrected chi connectivity index (χ1v) is 9.86. The molecule has 0 bridgehead atoms. The normalized spacial score (nSPS) is 18.8. The number of aromatic nitrogens is 1. The zero-order chi connectivity index (χ0) is 17.8. The van der Waals surface area contributed by atoms with Gasteiger partial charge in [-0.25, -0.2) is 4.98 Å². The van der Waals surface area contributed by atoms with Crippen LogP contribution in [0.1, 0.15) is 53.9 Å². The van der Waals surface area contributed by atoms with Crippen molar-refractivity contribution < 1.29 is 4.79 Å². The predicted octanol–water partition coefficient (Wildman–Crippen LogP) is 4.09. The number of amides is 1. The van der Waals surface area contributed by atoms with Crippen molar-refractivity contribution in [2.45, 2.75) is 38.0 Å². The minimum atomic E-state index is 0.154. The molecule has 0 N–H and O–H groups in total. The van der Waals surface area contributed by atoms with E-state index in [1.54, 1.807) is 0 Å². The van der Waals surface area contributed by atoms with Crippen LogP contribution in [0.3, 0.4) is 0 Å². The molecule has 2 aromatic rings. The van der Waals surface area contributed by atoms with E-state index in [2.05, 4.69) is 22.0 Å². The quantitative estimate of drug-likeness (QED) is 0.837. The van der Waals surface area contributed by atoms with E-state index in [1.165, 1.54) is 37.7 Å². The fraction of sp³-hybridized carbons (Fsp3) is 0.455. The number of anilines is 1. The van der Waals surface area contributed by atoms with Gasteiger partial charge in [0.15, 0.2) is 0 Å². The Kier molecular flexibility index (Phi) is 5.19. The molecule has 2 aliphatic rings. The Bertz CT molecular complexity index is 715. The van der Waals surface area contributed by atoms with Gasteiger partial charge in [0, 0.05) is 37.9 Å². The molecule has 1 aliphatic carbocycles. The zero-order valence-corrected chi connectivity index (χ0v) is 15.3. The van der Waals surface area contributed by atoms with Gasteiger partial charge in [0.25, 0.3) is 5.91 Å². The van der Waals surface area contributed by atoms with E-state index in [9.17, 15) is 4.79 Å².